The second kappa shape index (κ2) is 8.73. The monoisotopic (exact) mass is 407 g/mol. The summed E-state index contributed by atoms with van der Waals surface area (Å²) < 4.78 is 18.2. The first-order valence-corrected chi connectivity index (χ1v) is 9.57. The lowest BCUT2D eigenvalue weighted by atomic mass is 10.2. The number of carbonyl (C=O) groups is 2. The lowest BCUT2D eigenvalue weighted by molar-refractivity contribution is -0.113. The molecule has 0 aliphatic carbocycles. The Morgan fingerprint density at radius 1 is 1.26 bits per heavy atom. The zero-order valence-electron chi connectivity index (χ0n) is 14.1. The molecule has 2 heterocycles. The topological polar surface area (TPSA) is 110 Å². The van der Waals surface area contributed by atoms with E-state index in [2.05, 4.69) is 25.8 Å². The predicted octanol–water partition coefficient (Wildman–Crippen LogP) is 2.63. The number of amides is 2. The van der Waals surface area contributed by atoms with Gasteiger partial charge in [0.05, 0.1) is 18.0 Å². The van der Waals surface area contributed by atoms with Gasteiger partial charge in [-0.3, -0.25) is 9.59 Å². The lowest BCUT2D eigenvalue weighted by Gasteiger charge is -2.02. The smallest absolute Gasteiger partial charge is 0.277 e. The van der Waals surface area contributed by atoms with Crippen LogP contribution >= 0.6 is 23.1 Å². The molecule has 3 aromatic rings. The number of nitrogens with one attached hydrogen (secondary N) is 2. The molecule has 2 aromatic heterocycles. The van der Waals surface area contributed by atoms with Gasteiger partial charge in [-0.05, 0) is 31.2 Å². The molecule has 27 heavy (non-hydrogen) atoms. The summed E-state index contributed by atoms with van der Waals surface area (Å²) in [6.45, 7) is 1.87. The summed E-state index contributed by atoms with van der Waals surface area (Å²) in [4.78, 5) is 27.9. The van der Waals surface area contributed by atoms with Crippen LogP contribution in [0.15, 0.2) is 39.3 Å². The molecule has 0 radical (unpaired) electrons. The number of hydrogen-bond donors (Lipinski definition) is 2. The Kier molecular flexibility index (Phi) is 6.14. The standard InChI is InChI=1S/C16H14FN5O3S2/c1-9-7-26-15(19-9)20-12(23)8-27-16-22-21-13(25-16)6-18-14(24)10-2-4-11(17)5-3-10/h2-5,7H,6,8H2,1H3,(H,18,24)(H,19,20,23). The first-order valence-electron chi connectivity index (χ1n) is 7.70. The first kappa shape index (κ1) is 19.0. The molecule has 0 saturated heterocycles. The van der Waals surface area contributed by atoms with Crippen molar-refractivity contribution < 1.29 is 18.4 Å². The highest BCUT2D eigenvalue weighted by Gasteiger charge is 2.12. The van der Waals surface area contributed by atoms with Crippen molar-refractivity contribution >= 4 is 40.0 Å². The molecule has 0 spiro atoms. The highest BCUT2D eigenvalue weighted by Crippen LogP contribution is 2.18. The molecule has 1 aromatic carbocycles. The maximum absolute atomic E-state index is 12.9. The van der Waals surface area contributed by atoms with Crippen molar-refractivity contribution in [2.75, 3.05) is 11.1 Å². The number of rotatable bonds is 7. The fraction of sp³-hybridized carbons (Fsp3) is 0.188. The SMILES string of the molecule is Cc1csc(NC(=O)CSc2nnc(CNC(=O)c3ccc(F)cc3)o2)n1. The van der Waals surface area contributed by atoms with Crippen molar-refractivity contribution in [1.82, 2.24) is 20.5 Å². The normalized spacial score (nSPS) is 10.6. The second-order valence-corrected chi connectivity index (χ2v) is 7.07. The summed E-state index contributed by atoms with van der Waals surface area (Å²) in [5, 5.41) is 15.5. The fourth-order valence-corrected chi connectivity index (χ4v) is 3.21. The van der Waals surface area contributed by atoms with Crippen LogP contribution in [0.4, 0.5) is 9.52 Å². The number of benzene rings is 1. The molecule has 0 unspecified atom stereocenters. The van der Waals surface area contributed by atoms with E-state index in [9.17, 15) is 14.0 Å². The fourth-order valence-electron chi connectivity index (χ4n) is 1.92. The summed E-state index contributed by atoms with van der Waals surface area (Å²) in [5.74, 6) is -0.760. The first-order chi connectivity index (χ1) is 13.0. The molecular weight excluding hydrogens is 393 g/mol. The van der Waals surface area contributed by atoms with Crippen molar-refractivity contribution in [1.29, 1.82) is 0 Å². The van der Waals surface area contributed by atoms with Crippen LogP contribution in [-0.2, 0) is 11.3 Å². The average Bonchev–Trinajstić information content (AvgIpc) is 3.27. The van der Waals surface area contributed by atoms with E-state index in [0.29, 0.717) is 10.7 Å². The van der Waals surface area contributed by atoms with Crippen LogP contribution in [0.1, 0.15) is 21.9 Å². The van der Waals surface area contributed by atoms with E-state index in [1.165, 1.54) is 35.6 Å². The number of thioether (sulfide) groups is 1. The molecule has 0 fully saturated rings. The van der Waals surface area contributed by atoms with Crippen molar-refractivity contribution in [3.63, 3.8) is 0 Å². The number of carbonyl (C=O) groups excluding carboxylic acids is 2. The minimum atomic E-state index is -0.417. The molecule has 0 aliphatic rings. The third-order valence-electron chi connectivity index (χ3n) is 3.15. The highest BCUT2D eigenvalue weighted by molar-refractivity contribution is 7.99. The zero-order chi connectivity index (χ0) is 19.2. The van der Waals surface area contributed by atoms with Gasteiger partial charge in [0.1, 0.15) is 5.82 Å². The summed E-state index contributed by atoms with van der Waals surface area (Å²) in [7, 11) is 0. The molecule has 2 amide bonds. The maximum atomic E-state index is 12.9. The molecular formula is C16H14FN5O3S2. The van der Waals surface area contributed by atoms with Crippen LogP contribution in [-0.4, -0.2) is 32.7 Å². The van der Waals surface area contributed by atoms with Crippen LogP contribution in [0.2, 0.25) is 0 Å². The quantitative estimate of drug-likeness (QED) is 0.579. The van der Waals surface area contributed by atoms with E-state index in [1.807, 2.05) is 12.3 Å². The second-order valence-electron chi connectivity index (χ2n) is 5.28. The molecule has 0 aliphatic heterocycles. The van der Waals surface area contributed by atoms with Crippen molar-refractivity contribution in [2.45, 2.75) is 18.7 Å². The molecule has 140 valence electrons. The lowest BCUT2D eigenvalue weighted by Crippen LogP contribution is -2.22. The van der Waals surface area contributed by atoms with Crippen molar-refractivity contribution in [3.8, 4) is 0 Å². The van der Waals surface area contributed by atoms with Gasteiger partial charge in [0, 0.05) is 10.9 Å². The Bertz CT molecular complexity index is 942. The molecule has 8 nitrogen and oxygen atoms in total. The van der Waals surface area contributed by atoms with Gasteiger partial charge in [-0.15, -0.1) is 21.5 Å². The van der Waals surface area contributed by atoms with Crippen molar-refractivity contribution in [2.24, 2.45) is 0 Å². The average molecular weight is 407 g/mol. The van der Waals surface area contributed by atoms with E-state index in [4.69, 9.17) is 4.42 Å². The van der Waals surface area contributed by atoms with Gasteiger partial charge in [0.2, 0.25) is 11.8 Å². The molecule has 0 atom stereocenters. The Balaban J connectivity index is 1.44. The summed E-state index contributed by atoms with van der Waals surface area (Å²) in [6.07, 6.45) is 0. The largest absolute Gasteiger partial charge is 0.414 e. The number of hydrogen-bond acceptors (Lipinski definition) is 8. The molecule has 0 saturated carbocycles. The van der Waals surface area contributed by atoms with Crippen molar-refractivity contribution in [3.05, 3.63) is 52.6 Å². The van der Waals surface area contributed by atoms with E-state index in [-0.39, 0.29) is 35.2 Å². The highest BCUT2D eigenvalue weighted by atomic mass is 32.2. The summed E-state index contributed by atoms with van der Waals surface area (Å²) in [5.41, 5.74) is 1.16. The third kappa shape index (κ3) is 5.59. The minimum Gasteiger partial charge on any atom is -0.414 e. The van der Waals surface area contributed by atoms with E-state index < -0.39 is 5.82 Å². The van der Waals surface area contributed by atoms with Gasteiger partial charge in [-0.2, -0.15) is 0 Å². The third-order valence-corrected chi connectivity index (χ3v) is 4.84. The number of halogens is 1. The maximum Gasteiger partial charge on any atom is 0.277 e. The van der Waals surface area contributed by atoms with E-state index in [0.717, 1.165) is 17.5 Å². The van der Waals surface area contributed by atoms with Crippen LogP contribution in [0.5, 0.6) is 0 Å². The van der Waals surface area contributed by atoms with Gasteiger partial charge in [-0.25, -0.2) is 9.37 Å². The number of thiazole rings is 1. The number of aromatic nitrogens is 3. The number of aryl methyl sites for hydroxylation is 1. The summed E-state index contributed by atoms with van der Waals surface area (Å²) >= 11 is 2.42. The van der Waals surface area contributed by atoms with Crippen LogP contribution < -0.4 is 10.6 Å². The van der Waals surface area contributed by atoms with E-state index >= 15 is 0 Å². The Morgan fingerprint density at radius 3 is 2.74 bits per heavy atom. The Labute approximate surface area is 161 Å². The Morgan fingerprint density at radius 2 is 2.04 bits per heavy atom. The van der Waals surface area contributed by atoms with Gasteiger partial charge in [0.15, 0.2) is 5.13 Å². The van der Waals surface area contributed by atoms with Crippen LogP contribution in [0, 0.1) is 12.7 Å². The molecule has 3 rings (SSSR count). The van der Waals surface area contributed by atoms with E-state index in [1.54, 1.807) is 0 Å². The minimum absolute atomic E-state index is 0.0222. The van der Waals surface area contributed by atoms with Crippen LogP contribution in [0.3, 0.4) is 0 Å². The predicted molar refractivity (Wildman–Crippen MR) is 98.1 cm³/mol. The Hall–Kier alpha value is -2.79. The van der Waals surface area contributed by atoms with Gasteiger partial charge in [-0.1, -0.05) is 11.8 Å². The van der Waals surface area contributed by atoms with Gasteiger partial charge >= 0.3 is 0 Å². The molecule has 2 N–H and O–H groups in total. The van der Waals surface area contributed by atoms with Gasteiger partial charge < -0.3 is 15.1 Å². The number of nitrogens with zero attached hydrogens (tertiary/aromatic N) is 3. The van der Waals surface area contributed by atoms with Gasteiger partial charge in [0.25, 0.3) is 11.1 Å². The zero-order valence-corrected chi connectivity index (χ0v) is 15.7. The summed E-state index contributed by atoms with van der Waals surface area (Å²) in [6, 6.07) is 5.16. The van der Waals surface area contributed by atoms with Crippen LogP contribution in [0.25, 0.3) is 0 Å². The number of anilines is 1. The molecule has 0 bridgehead atoms. The molecule has 11 heteroatoms.